The number of nitrogens with zero attached hydrogens (tertiary/aromatic N) is 4. The number of halogens is 1. The summed E-state index contributed by atoms with van der Waals surface area (Å²) in [7, 11) is 0. The van der Waals surface area contributed by atoms with Crippen molar-refractivity contribution in [1.29, 1.82) is 0 Å². The number of hydrogen-bond donors (Lipinski definition) is 1. The summed E-state index contributed by atoms with van der Waals surface area (Å²) < 4.78 is 5.33. The van der Waals surface area contributed by atoms with Crippen LogP contribution in [0, 0.1) is 6.92 Å². The molecule has 0 bridgehead atoms. The molecule has 1 aromatic heterocycles. The van der Waals surface area contributed by atoms with Gasteiger partial charge in [-0.1, -0.05) is 5.16 Å². The van der Waals surface area contributed by atoms with E-state index in [-0.39, 0.29) is 28.7 Å². The monoisotopic (exact) mass is 481 g/mol. The fourth-order valence-electron chi connectivity index (χ4n) is 2.59. The van der Waals surface area contributed by atoms with Crippen molar-refractivity contribution in [3.8, 4) is 0 Å². The van der Waals surface area contributed by atoms with Gasteiger partial charge in [-0.05, 0) is 34.0 Å². The molecular weight excluding hydrogens is 449 g/mol. The van der Waals surface area contributed by atoms with Gasteiger partial charge in [-0.25, -0.2) is 0 Å². The Morgan fingerprint density at radius 3 is 2.56 bits per heavy atom. The number of piperazine rings is 1. The molecule has 25 heavy (non-hydrogen) atoms. The molecule has 2 rings (SSSR count). The van der Waals surface area contributed by atoms with Crippen LogP contribution in [0.15, 0.2) is 15.6 Å². The smallest absolute Gasteiger partial charge is 0.194 e. The molecule has 1 aliphatic heterocycles. The van der Waals surface area contributed by atoms with E-state index in [4.69, 9.17) is 9.52 Å². The number of aryl methyl sites for hydroxylation is 1. The summed E-state index contributed by atoms with van der Waals surface area (Å²) in [4.78, 5) is 9.64. The van der Waals surface area contributed by atoms with Crippen LogP contribution in [-0.4, -0.2) is 71.2 Å². The van der Waals surface area contributed by atoms with Gasteiger partial charge in [0.1, 0.15) is 5.76 Å². The second kappa shape index (κ2) is 10.6. The Morgan fingerprint density at radius 1 is 1.36 bits per heavy atom. The highest BCUT2D eigenvalue weighted by molar-refractivity contribution is 14.0. The third-order valence-corrected chi connectivity index (χ3v) is 5.47. The average molecular weight is 481 g/mol. The highest BCUT2D eigenvalue weighted by Crippen LogP contribution is 2.21. The summed E-state index contributed by atoms with van der Waals surface area (Å²) in [5.74, 6) is 1.91. The van der Waals surface area contributed by atoms with Crippen LogP contribution in [-0.2, 0) is 6.54 Å². The first-order chi connectivity index (χ1) is 11.4. The zero-order valence-electron chi connectivity index (χ0n) is 16.0. The van der Waals surface area contributed by atoms with Gasteiger partial charge in [0.25, 0.3) is 0 Å². The minimum absolute atomic E-state index is 0. The lowest BCUT2D eigenvalue weighted by Crippen LogP contribution is -2.52. The second-order valence-corrected chi connectivity index (χ2v) is 8.34. The van der Waals surface area contributed by atoms with Crippen LogP contribution < -0.4 is 5.32 Å². The highest BCUT2D eigenvalue weighted by Gasteiger charge is 2.22. The van der Waals surface area contributed by atoms with Crippen molar-refractivity contribution < 1.29 is 4.52 Å². The number of thioether (sulfide) groups is 1. The van der Waals surface area contributed by atoms with Crippen molar-refractivity contribution >= 4 is 41.7 Å². The van der Waals surface area contributed by atoms with Crippen LogP contribution in [0.1, 0.15) is 32.2 Å². The lowest BCUT2D eigenvalue weighted by Gasteiger charge is -2.36. The summed E-state index contributed by atoms with van der Waals surface area (Å²) in [6, 6.07) is 2.02. The number of rotatable bonds is 6. The molecule has 0 unspecified atom stereocenters. The molecule has 0 aromatic carbocycles. The maximum atomic E-state index is 5.15. The van der Waals surface area contributed by atoms with E-state index in [0.717, 1.165) is 63.2 Å². The van der Waals surface area contributed by atoms with Crippen LogP contribution in [0.25, 0.3) is 0 Å². The first-order valence-electron chi connectivity index (χ1n) is 8.66. The van der Waals surface area contributed by atoms with Crippen molar-refractivity contribution in [1.82, 2.24) is 20.3 Å². The maximum Gasteiger partial charge on any atom is 0.194 e. The van der Waals surface area contributed by atoms with Gasteiger partial charge in [0.2, 0.25) is 0 Å². The zero-order valence-corrected chi connectivity index (χ0v) is 19.2. The SMILES string of the molecule is CCNC(=NCC(C)(C)SC)N1CCN(Cc2cc(C)on2)CC1.I. The molecule has 1 fully saturated rings. The second-order valence-electron chi connectivity index (χ2n) is 6.83. The van der Waals surface area contributed by atoms with Gasteiger partial charge in [0.05, 0.1) is 12.2 Å². The molecule has 0 aliphatic carbocycles. The molecule has 0 saturated carbocycles. The van der Waals surface area contributed by atoms with E-state index >= 15 is 0 Å². The van der Waals surface area contributed by atoms with Crippen molar-refractivity contribution in [2.24, 2.45) is 4.99 Å². The molecule has 0 radical (unpaired) electrons. The largest absolute Gasteiger partial charge is 0.361 e. The van der Waals surface area contributed by atoms with Crippen molar-refractivity contribution in [3.05, 3.63) is 17.5 Å². The van der Waals surface area contributed by atoms with Gasteiger partial charge in [-0.2, -0.15) is 11.8 Å². The first kappa shape index (κ1) is 22.6. The Balaban J connectivity index is 0.00000312. The number of nitrogens with one attached hydrogen (secondary N) is 1. The molecule has 8 heteroatoms. The van der Waals surface area contributed by atoms with Crippen LogP contribution in [0.4, 0.5) is 0 Å². The molecule has 0 atom stereocenters. The van der Waals surface area contributed by atoms with Gasteiger partial charge in [0, 0.05) is 50.1 Å². The Hall–Kier alpha value is -0.480. The summed E-state index contributed by atoms with van der Waals surface area (Å²) >= 11 is 1.86. The fourth-order valence-corrected chi connectivity index (χ4v) is 2.79. The Bertz CT molecular complexity index is 541. The fraction of sp³-hybridized carbons (Fsp3) is 0.765. The van der Waals surface area contributed by atoms with Crippen LogP contribution in [0.5, 0.6) is 0 Å². The Kier molecular flexibility index (Phi) is 9.58. The molecular formula is C17H32IN5OS. The highest BCUT2D eigenvalue weighted by atomic mass is 127. The quantitative estimate of drug-likeness (QED) is 0.383. The molecule has 1 N–H and O–H groups in total. The normalized spacial score (nSPS) is 16.7. The summed E-state index contributed by atoms with van der Waals surface area (Å²) in [6.45, 7) is 15.1. The van der Waals surface area contributed by atoms with Gasteiger partial charge < -0.3 is 14.7 Å². The minimum Gasteiger partial charge on any atom is -0.361 e. The van der Waals surface area contributed by atoms with E-state index in [1.807, 2.05) is 24.8 Å². The van der Waals surface area contributed by atoms with Crippen LogP contribution in [0.2, 0.25) is 0 Å². The van der Waals surface area contributed by atoms with E-state index in [1.165, 1.54) is 0 Å². The van der Waals surface area contributed by atoms with Gasteiger partial charge >= 0.3 is 0 Å². The van der Waals surface area contributed by atoms with E-state index in [2.05, 4.69) is 47.3 Å². The predicted molar refractivity (Wildman–Crippen MR) is 117 cm³/mol. The van der Waals surface area contributed by atoms with Gasteiger partial charge in [-0.15, -0.1) is 24.0 Å². The lowest BCUT2D eigenvalue weighted by atomic mass is 10.2. The van der Waals surface area contributed by atoms with E-state index in [9.17, 15) is 0 Å². The molecule has 2 heterocycles. The molecule has 1 saturated heterocycles. The van der Waals surface area contributed by atoms with E-state index in [1.54, 1.807) is 0 Å². The Labute approximate surface area is 173 Å². The van der Waals surface area contributed by atoms with Crippen molar-refractivity contribution in [2.75, 3.05) is 45.5 Å². The van der Waals surface area contributed by atoms with E-state index < -0.39 is 0 Å². The third kappa shape index (κ3) is 7.34. The van der Waals surface area contributed by atoms with Crippen molar-refractivity contribution in [3.63, 3.8) is 0 Å². The molecule has 0 amide bonds. The summed E-state index contributed by atoms with van der Waals surface area (Å²) in [6.07, 6.45) is 2.15. The Morgan fingerprint density at radius 2 is 2.04 bits per heavy atom. The summed E-state index contributed by atoms with van der Waals surface area (Å²) in [5, 5.41) is 7.53. The number of hydrogen-bond acceptors (Lipinski definition) is 5. The predicted octanol–water partition coefficient (Wildman–Crippen LogP) is 2.83. The molecule has 0 spiro atoms. The number of aliphatic imine (C=N–C) groups is 1. The maximum absolute atomic E-state index is 5.15. The summed E-state index contributed by atoms with van der Waals surface area (Å²) in [5.41, 5.74) is 1.02. The molecule has 1 aliphatic rings. The standard InChI is InChI=1S/C17H31N5OS.HI/c1-6-18-16(19-13-17(3,4)24-5)22-9-7-21(8-10-22)12-15-11-14(2)23-20-15;/h11H,6-10,12-13H2,1-5H3,(H,18,19);1H. The van der Waals surface area contributed by atoms with Crippen LogP contribution >= 0.6 is 35.7 Å². The first-order valence-corrected chi connectivity index (χ1v) is 9.89. The minimum atomic E-state index is 0. The van der Waals surface area contributed by atoms with Crippen molar-refractivity contribution in [2.45, 2.75) is 39.0 Å². The zero-order chi connectivity index (χ0) is 17.6. The molecule has 1 aromatic rings. The average Bonchev–Trinajstić information content (AvgIpc) is 2.97. The van der Waals surface area contributed by atoms with Gasteiger partial charge in [-0.3, -0.25) is 9.89 Å². The van der Waals surface area contributed by atoms with E-state index in [0.29, 0.717) is 0 Å². The molecule has 144 valence electrons. The topological polar surface area (TPSA) is 56.9 Å². The lowest BCUT2D eigenvalue weighted by molar-refractivity contribution is 0.169. The molecule has 6 nitrogen and oxygen atoms in total. The number of guanidine groups is 1. The third-order valence-electron chi connectivity index (χ3n) is 4.23. The van der Waals surface area contributed by atoms with Gasteiger partial charge in [0.15, 0.2) is 5.96 Å². The number of aromatic nitrogens is 1. The van der Waals surface area contributed by atoms with Crippen LogP contribution in [0.3, 0.4) is 0 Å².